The van der Waals surface area contributed by atoms with Crippen LogP contribution < -0.4 is 11.0 Å². The van der Waals surface area contributed by atoms with E-state index in [1.54, 1.807) is 30.3 Å². The number of nitrogens with one attached hydrogen (secondary N) is 1. The highest BCUT2D eigenvalue weighted by Crippen LogP contribution is 2.24. The van der Waals surface area contributed by atoms with Crippen LogP contribution in [0.2, 0.25) is 0 Å². The van der Waals surface area contributed by atoms with Crippen LogP contribution in [0, 0.1) is 0 Å². The normalized spacial score (nSPS) is 11.4. The van der Waals surface area contributed by atoms with Crippen LogP contribution in [0.15, 0.2) is 62.5 Å². The Labute approximate surface area is 112 Å². The first-order chi connectivity index (χ1) is 9.75. The molecular weight excluding hydrogens is 254 g/mol. The molecule has 0 radical (unpaired) electrons. The molecule has 96 valence electrons. The number of rotatable bonds is 0. The topological polar surface area (TPSA) is 63.1 Å². The number of benzene rings is 2. The first-order valence-corrected chi connectivity index (χ1v) is 6.22. The lowest BCUT2D eigenvalue weighted by atomic mass is 10.2. The minimum atomic E-state index is -0.292. The van der Waals surface area contributed by atoms with Crippen molar-refractivity contribution < 1.29 is 4.42 Å². The van der Waals surface area contributed by atoms with E-state index in [0.29, 0.717) is 21.9 Å². The average molecular weight is 263 g/mol. The molecule has 0 aliphatic heterocycles. The van der Waals surface area contributed by atoms with Crippen molar-refractivity contribution in [3.8, 4) is 0 Å². The standard InChI is InChI=1S/C16H9NO3/c18-14-9-5-1-2-6-10(9)16(19)17-13-11-7-3-4-8-12(11)20-15(13)14/h1-8H,(H,17,19). The third-order valence-electron chi connectivity index (χ3n) is 3.46. The molecule has 20 heavy (non-hydrogen) atoms. The Bertz CT molecular complexity index is 1090. The van der Waals surface area contributed by atoms with E-state index >= 15 is 0 Å². The van der Waals surface area contributed by atoms with Gasteiger partial charge in [-0.2, -0.15) is 0 Å². The fraction of sp³-hybridized carbons (Fsp3) is 0. The Kier molecular flexibility index (Phi) is 2.09. The summed E-state index contributed by atoms with van der Waals surface area (Å²) in [4.78, 5) is 27.6. The highest BCUT2D eigenvalue weighted by Gasteiger charge is 2.12. The summed E-state index contributed by atoms with van der Waals surface area (Å²) in [6.45, 7) is 0. The summed E-state index contributed by atoms with van der Waals surface area (Å²) in [7, 11) is 0. The number of fused-ring (bicyclic) bond motifs is 4. The van der Waals surface area contributed by atoms with Gasteiger partial charge in [-0.25, -0.2) is 0 Å². The van der Waals surface area contributed by atoms with Crippen LogP contribution in [-0.4, -0.2) is 4.98 Å². The summed E-state index contributed by atoms with van der Waals surface area (Å²) >= 11 is 0. The summed E-state index contributed by atoms with van der Waals surface area (Å²) in [6, 6.07) is 14.0. The van der Waals surface area contributed by atoms with Crippen molar-refractivity contribution in [2.24, 2.45) is 0 Å². The van der Waals surface area contributed by atoms with Gasteiger partial charge in [-0.3, -0.25) is 9.59 Å². The minimum Gasteiger partial charge on any atom is -0.450 e. The fourth-order valence-corrected chi connectivity index (χ4v) is 2.51. The second-order valence-electron chi connectivity index (χ2n) is 4.63. The van der Waals surface area contributed by atoms with E-state index in [1.807, 2.05) is 18.2 Å². The molecule has 0 saturated carbocycles. The van der Waals surface area contributed by atoms with Crippen LogP contribution in [0.4, 0.5) is 0 Å². The monoisotopic (exact) mass is 263 g/mol. The highest BCUT2D eigenvalue weighted by molar-refractivity contribution is 6.04. The molecule has 2 heterocycles. The van der Waals surface area contributed by atoms with Crippen molar-refractivity contribution >= 4 is 32.8 Å². The van der Waals surface area contributed by atoms with Crippen LogP contribution in [-0.2, 0) is 0 Å². The maximum Gasteiger partial charge on any atom is 0.256 e. The van der Waals surface area contributed by atoms with E-state index in [1.165, 1.54) is 0 Å². The number of hydrogen-bond acceptors (Lipinski definition) is 3. The van der Waals surface area contributed by atoms with Gasteiger partial charge in [0.2, 0.25) is 5.43 Å². The number of hydrogen-bond donors (Lipinski definition) is 1. The van der Waals surface area contributed by atoms with Crippen LogP contribution >= 0.6 is 0 Å². The third kappa shape index (κ3) is 1.36. The Morgan fingerprint density at radius 1 is 0.800 bits per heavy atom. The van der Waals surface area contributed by atoms with Crippen molar-refractivity contribution in [2.75, 3.05) is 0 Å². The van der Waals surface area contributed by atoms with Gasteiger partial charge in [0.05, 0.1) is 10.9 Å². The van der Waals surface area contributed by atoms with E-state index in [4.69, 9.17) is 4.42 Å². The van der Waals surface area contributed by atoms with Crippen molar-refractivity contribution in [1.82, 2.24) is 4.98 Å². The first kappa shape index (κ1) is 11.0. The molecule has 2 aromatic heterocycles. The Balaban J connectivity index is 2.44. The van der Waals surface area contributed by atoms with Crippen molar-refractivity contribution in [1.29, 1.82) is 0 Å². The summed E-state index contributed by atoms with van der Waals surface area (Å²) in [5.74, 6) is 0. The lowest BCUT2D eigenvalue weighted by Crippen LogP contribution is -2.03. The second-order valence-corrected chi connectivity index (χ2v) is 4.63. The lowest BCUT2D eigenvalue weighted by molar-refractivity contribution is 0.666. The molecular formula is C16H9NO3. The van der Waals surface area contributed by atoms with Gasteiger partial charge in [-0.05, 0) is 18.2 Å². The van der Waals surface area contributed by atoms with Crippen molar-refractivity contribution in [3.05, 3.63) is 69.1 Å². The molecule has 0 fully saturated rings. The second kappa shape index (κ2) is 3.81. The van der Waals surface area contributed by atoms with Crippen LogP contribution in [0.25, 0.3) is 32.8 Å². The Hall–Kier alpha value is -2.88. The zero-order valence-corrected chi connectivity index (χ0v) is 10.3. The van der Waals surface area contributed by atoms with Crippen LogP contribution in [0.1, 0.15) is 0 Å². The van der Waals surface area contributed by atoms with Gasteiger partial charge in [0.1, 0.15) is 5.58 Å². The van der Waals surface area contributed by atoms with E-state index < -0.39 is 0 Å². The maximum atomic E-state index is 12.6. The zero-order chi connectivity index (χ0) is 13.7. The Morgan fingerprint density at radius 3 is 2.25 bits per heavy atom. The molecule has 0 aliphatic carbocycles. The SMILES string of the molecule is O=c1[nH]c2c(oc3ccccc32)c(=O)c2ccccc12. The van der Waals surface area contributed by atoms with Crippen molar-refractivity contribution in [3.63, 3.8) is 0 Å². The molecule has 0 atom stereocenters. The first-order valence-electron chi connectivity index (χ1n) is 6.22. The zero-order valence-electron chi connectivity index (χ0n) is 10.3. The molecule has 0 spiro atoms. The van der Waals surface area contributed by atoms with E-state index in [-0.39, 0.29) is 16.6 Å². The van der Waals surface area contributed by atoms with Crippen molar-refractivity contribution in [2.45, 2.75) is 0 Å². The number of aromatic nitrogens is 1. The van der Waals surface area contributed by atoms with Crippen LogP contribution in [0.5, 0.6) is 0 Å². The molecule has 1 N–H and O–H groups in total. The number of H-pyrrole nitrogens is 1. The highest BCUT2D eigenvalue weighted by atomic mass is 16.3. The van der Waals surface area contributed by atoms with Gasteiger partial charge < -0.3 is 9.40 Å². The summed E-state index contributed by atoms with van der Waals surface area (Å²) in [6.07, 6.45) is 0. The predicted octanol–water partition coefficient (Wildman–Crippen LogP) is 2.79. The number of furan rings is 1. The van der Waals surface area contributed by atoms with E-state index in [2.05, 4.69) is 4.98 Å². The van der Waals surface area contributed by atoms with Gasteiger partial charge in [-0.15, -0.1) is 0 Å². The van der Waals surface area contributed by atoms with Gasteiger partial charge >= 0.3 is 0 Å². The van der Waals surface area contributed by atoms with Gasteiger partial charge in [0.25, 0.3) is 5.56 Å². The molecule has 4 nitrogen and oxygen atoms in total. The molecule has 4 heteroatoms. The number of para-hydroxylation sites is 1. The molecule has 0 amide bonds. The van der Waals surface area contributed by atoms with Gasteiger partial charge in [0, 0.05) is 10.8 Å². The summed E-state index contributed by atoms with van der Waals surface area (Å²) in [5.41, 5.74) is 0.659. The molecule has 0 unspecified atom stereocenters. The molecule has 0 aliphatic rings. The van der Waals surface area contributed by atoms with Gasteiger partial charge in [0.15, 0.2) is 5.58 Å². The minimum absolute atomic E-state index is 0.185. The average Bonchev–Trinajstić information content (AvgIpc) is 2.81. The molecule has 2 aromatic carbocycles. The maximum absolute atomic E-state index is 12.6. The Morgan fingerprint density at radius 2 is 1.45 bits per heavy atom. The largest absolute Gasteiger partial charge is 0.450 e. The van der Waals surface area contributed by atoms with E-state index in [0.717, 1.165) is 5.39 Å². The lowest BCUT2D eigenvalue weighted by Gasteiger charge is -1.87. The quantitative estimate of drug-likeness (QED) is 0.530. The molecule has 0 saturated heterocycles. The summed E-state index contributed by atoms with van der Waals surface area (Å²) < 4.78 is 5.62. The molecule has 4 aromatic rings. The van der Waals surface area contributed by atoms with E-state index in [9.17, 15) is 9.59 Å². The van der Waals surface area contributed by atoms with Gasteiger partial charge in [-0.1, -0.05) is 30.3 Å². The summed E-state index contributed by atoms with van der Waals surface area (Å²) in [5, 5.41) is 1.47. The third-order valence-corrected chi connectivity index (χ3v) is 3.46. The predicted molar refractivity (Wildman–Crippen MR) is 78.1 cm³/mol. The molecule has 0 bridgehead atoms. The smallest absolute Gasteiger partial charge is 0.256 e. The number of aromatic amines is 1. The molecule has 4 rings (SSSR count). The van der Waals surface area contributed by atoms with Crippen LogP contribution in [0.3, 0.4) is 0 Å². The fourth-order valence-electron chi connectivity index (χ4n) is 2.51.